The summed E-state index contributed by atoms with van der Waals surface area (Å²) in [7, 11) is -3.45. The first-order chi connectivity index (χ1) is 18.7. The molecular weight excluding hydrogens is 573 g/mol. The molecule has 2 heterocycles. The lowest BCUT2D eigenvalue weighted by atomic mass is 9.94. The SMILES string of the molecule is CS(=O)(=O)C(N)c1ccc(C(=O)Nc2nc(-c3ccc(F)cc3)c(N3CCN(C4CCCCC4)CC3)s2)cc1.Cl. The van der Waals surface area contributed by atoms with Gasteiger partial charge in [0.1, 0.15) is 21.9 Å². The van der Waals surface area contributed by atoms with Crippen molar-refractivity contribution in [3.63, 3.8) is 0 Å². The molecule has 0 radical (unpaired) electrons. The lowest BCUT2D eigenvalue weighted by Gasteiger charge is -2.41. The van der Waals surface area contributed by atoms with Crippen LogP contribution in [0.2, 0.25) is 0 Å². The zero-order valence-electron chi connectivity index (χ0n) is 22.4. The Balaban J connectivity index is 0.00000370. The number of carbonyl (C=O) groups is 1. The van der Waals surface area contributed by atoms with E-state index in [2.05, 4.69) is 15.1 Å². The third-order valence-corrected chi connectivity index (χ3v) is 9.83. The van der Waals surface area contributed by atoms with E-state index in [4.69, 9.17) is 10.7 Å². The second-order valence-corrected chi connectivity index (χ2v) is 13.5. The number of amides is 1. The minimum Gasteiger partial charge on any atom is -0.359 e. The Morgan fingerprint density at radius 3 is 2.25 bits per heavy atom. The van der Waals surface area contributed by atoms with Crippen molar-refractivity contribution in [1.29, 1.82) is 0 Å². The summed E-state index contributed by atoms with van der Waals surface area (Å²) in [4.78, 5) is 22.7. The monoisotopic (exact) mass is 607 g/mol. The highest BCUT2D eigenvalue weighted by atomic mass is 35.5. The number of piperazine rings is 1. The van der Waals surface area contributed by atoms with Crippen LogP contribution in [0, 0.1) is 5.82 Å². The molecule has 1 saturated carbocycles. The fraction of sp³-hybridized carbons (Fsp3) is 0.429. The molecule has 1 amide bonds. The molecular formula is C28H35ClFN5O3S2. The first kappa shape index (κ1) is 30.4. The van der Waals surface area contributed by atoms with Crippen LogP contribution in [-0.4, -0.2) is 62.7 Å². The third kappa shape index (κ3) is 7.01. The van der Waals surface area contributed by atoms with Crippen LogP contribution >= 0.6 is 23.7 Å². The van der Waals surface area contributed by atoms with Crippen molar-refractivity contribution in [1.82, 2.24) is 9.88 Å². The second-order valence-electron chi connectivity index (χ2n) is 10.3. The van der Waals surface area contributed by atoms with Crippen molar-refractivity contribution in [2.24, 2.45) is 5.73 Å². The largest absolute Gasteiger partial charge is 0.359 e. The van der Waals surface area contributed by atoms with E-state index in [0.717, 1.165) is 48.7 Å². The number of nitrogens with zero attached hydrogens (tertiary/aromatic N) is 3. The first-order valence-electron chi connectivity index (χ1n) is 13.3. The molecule has 1 aromatic heterocycles. The number of nitrogens with one attached hydrogen (secondary N) is 1. The normalized spacial score (nSPS) is 17.7. The van der Waals surface area contributed by atoms with Gasteiger partial charge in [-0.15, -0.1) is 12.4 Å². The van der Waals surface area contributed by atoms with Crippen molar-refractivity contribution in [2.45, 2.75) is 43.5 Å². The number of nitrogens with two attached hydrogens (primary N) is 1. The molecule has 1 unspecified atom stereocenters. The summed E-state index contributed by atoms with van der Waals surface area (Å²) in [6, 6.07) is 13.1. The number of rotatable bonds is 7. The van der Waals surface area contributed by atoms with Crippen LogP contribution in [0.15, 0.2) is 48.5 Å². The molecule has 0 spiro atoms. The van der Waals surface area contributed by atoms with Gasteiger partial charge < -0.3 is 10.6 Å². The number of hydrogen-bond donors (Lipinski definition) is 2. The highest BCUT2D eigenvalue weighted by molar-refractivity contribution is 7.90. The molecule has 40 heavy (non-hydrogen) atoms. The third-order valence-electron chi connectivity index (χ3n) is 7.60. The van der Waals surface area contributed by atoms with Crippen LogP contribution in [0.25, 0.3) is 11.3 Å². The molecule has 12 heteroatoms. The highest BCUT2D eigenvalue weighted by Crippen LogP contribution is 2.39. The molecule has 2 aliphatic rings. The fourth-order valence-electron chi connectivity index (χ4n) is 5.35. The first-order valence-corrected chi connectivity index (χ1v) is 16.1. The van der Waals surface area contributed by atoms with Crippen molar-refractivity contribution in [2.75, 3.05) is 42.7 Å². The Kier molecular flexibility index (Phi) is 9.84. The maximum absolute atomic E-state index is 13.7. The Bertz CT molecular complexity index is 1400. The number of aromatic nitrogens is 1. The van der Waals surface area contributed by atoms with Crippen LogP contribution in [0.4, 0.5) is 14.5 Å². The van der Waals surface area contributed by atoms with E-state index >= 15 is 0 Å². The predicted molar refractivity (Wildman–Crippen MR) is 162 cm³/mol. The number of sulfone groups is 1. The van der Waals surface area contributed by atoms with Crippen molar-refractivity contribution in [3.05, 3.63) is 65.5 Å². The average Bonchev–Trinajstić information content (AvgIpc) is 3.36. The van der Waals surface area contributed by atoms with E-state index in [1.807, 2.05) is 0 Å². The van der Waals surface area contributed by atoms with E-state index in [1.54, 1.807) is 36.4 Å². The van der Waals surface area contributed by atoms with Gasteiger partial charge in [0.2, 0.25) is 0 Å². The van der Waals surface area contributed by atoms with E-state index in [0.29, 0.717) is 22.3 Å². The lowest BCUT2D eigenvalue weighted by molar-refractivity contribution is 0.102. The quantitative estimate of drug-likeness (QED) is 0.386. The van der Waals surface area contributed by atoms with Gasteiger partial charge >= 0.3 is 0 Å². The Labute approximate surface area is 245 Å². The van der Waals surface area contributed by atoms with Crippen LogP contribution < -0.4 is 16.0 Å². The molecule has 3 N–H and O–H groups in total. The zero-order valence-corrected chi connectivity index (χ0v) is 24.8. The van der Waals surface area contributed by atoms with E-state index in [1.165, 1.54) is 55.6 Å². The highest BCUT2D eigenvalue weighted by Gasteiger charge is 2.28. The minimum atomic E-state index is -3.45. The summed E-state index contributed by atoms with van der Waals surface area (Å²) in [5, 5.41) is 3.14. The topological polar surface area (TPSA) is 109 Å². The molecule has 0 bridgehead atoms. The van der Waals surface area contributed by atoms with Gasteiger partial charge in [0, 0.05) is 49.6 Å². The van der Waals surface area contributed by atoms with E-state index in [9.17, 15) is 17.6 Å². The van der Waals surface area contributed by atoms with E-state index in [-0.39, 0.29) is 24.1 Å². The summed E-state index contributed by atoms with van der Waals surface area (Å²) in [6.07, 6.45) is 7.59. The molecule has 1 aliphatic heterocycles. The summed E-state index contributed by atoms with van der Waals surface area (Å²) in [5.74, 6) is -0.674. The minimum absolute atomic E-state index is 0. The van der Waals surface area contributed by atoms with Gasteiger partial charge in [-0.2, -0.15) is 0 Å². The number of benzene rings is 2. The molecule has 2 fully saturated rings. The van der Waals surface area contributed by atoms with Crippen molar-refractivity contribution in [3.8, 4) is 11.3 Å². The van der Waals surface area contributed by atoms with Crippen molar-refractivity contribution >= 4 is 49.6 Å². The molecule has 216 valence electrons. The summed E-state index contributed by atoms with van der Waals surface area (Å²) in [6.45, 7) is 3.69. The second kappa shape index (κ2) is 12.9. The molecule has 1 atom stereocenters. The van der Waals surface area contributed by atoms with Crippen LogP contribution in [0.1, 0.15) is 53.4 Å². The number of thiazole rings is 1. The van der Waals surface area contributed by atoms with Crippen molar-refractivity contribution < 1.29 is 17.6 Å². The van der Waals surface area contributed by atoms with Gasteiger partial charge in [-0.25, -0.2) is 17.8 Å². The molecule has 1 aliphatic carbocycles. The Morgan fingerprint density at radius 2 is 1.65 bits per heavy atom. The van der Waals surface area contributed by atoms with Crippen LogP contribution in [0.5, 0.6) is 0 Å². The van der Waals surface area contributed by atoms with Gasteiger partial charge in [0.25, 0.3) is 5.91 Å². The average molecular weight is 608 g/mol. The number of halogens is 2. The smallest absolute Gasteiger partial charge is 0.257 e. The molecule has 2 aromatic carbocycles. The maximum atomic E-state index is 13.7. The van der Waals surface area contributed by atoms with Gasteiger partial charge in [0.15, 0.2) is 15.0 Å². The maximum Gasteiger partial charge on any atom is 0.257 e. The number of anilines is 2. The predicted octanol–water partition coefficient (Wildman–Crippen LogP) is 5.08. The molecule has 3 aromatic rings. The lowest BCUT2D eigenvalue weighted by Crippen LogP contribution is -2.50. The molecule has 8 nitrogen and oxygen atoms in total. The number of carbonyl (C=O) groups excluding carboxylic acids is 1. The van der Waals surface area contributed by atoms with Gasteiger partial charge in [-0.1, -0.05) is 42.7 Å². The van der Waals surface area contributed by atoms with E-state index < -0.39 is 15.2 Å². The Morgan fingerprint density at radius 1 is 1.02 bits per heavy atom. The van der Waals surface area contributed by atoms with Crippen LogP contribution in [-0.2, 0) is 9.84 Å². The zero-order chi connectivity index (χ0) is 27.6. The summed E-state index contributed by atoms with van der Waals surface area (Å²) in [5.41, 5.74) is 8.08. The fourth-order valence-corrected chi connectivity index (χ4v) is 7.04. The standard InChI is InChI=1S/C28H34FN5O3S2.ClH/c1-39(36,37)25(30)20-7-9-21(10-8-20)26(35)32-28-31-24(19-11-13-22(29)14-12-19)27(38-28)34-17-15-33(16-18-34)23-5-3-2-4-6-23;/h7-14,23,25H,2-6,15-18,30H2,1H3,(H,31,32,35);1H. The van der Waals surface area contributed by atoms with Gasteiger partial charge in [0.05, 0.1) is 0 Å². The summed E-state index contributed by atoms with van der Waals surface area (Å²) < 4.78 is 37.2. The number of hydrogen-bond acceptors (Lipinski definition) is 8. The van der Waals surface area contributed by atoms with Crippen LogP contribution in [0.3, 0.4) is 0 Å². The molecule has 5 rings (SSSR count). The molecule has 1 saturated heterocycles. The van der Waals surface area contributed by atoms with Gasteiger partial charge in [-0.3, -0.25) is 15.0 Å². The summed E-state index contributed by atoms with van der Waals surface area (Å²) >= 11 is 1.41. The Hall–Kier alpha value is -2.57. The van der Waals surface area contributed by atoms with Gasteiger partial charge in [-0.05, 0) is 54.8 Å².